The molecule has 0 unspecified atom stereocenters. The highest BCUT2D eigenvalue weighted by atomic mass is 16.3. The molecule has 0 fully saturated rings. The van der Waals surface area contributed by atoms with Gasteiger partial charge in [0.2, 0.25) is 0 Å². The fraction of sp³-hybridized carbons (Fsp3) is 0.138. The maximum absolute atomic E-state index is 6.44. The van der Waals surface area contributed by atoms with Gasteiger partial charge in [0.15, 0.2) is 0 Å². The van der Waals surface area contributed by atoms with Crippen LogP contribution in [0.1, 0.15) is 16.7 Å². The molecule has 2 aromatic heterocycles. The first-order valence-electron chi connectivity index (χ1n) is 11.0. The van der Waals surface area contributed by atoms with Crippen molar-refractivity contribution in [1.82, 2.24) is 4.57 Å². The lowest BCUT2D eigenvalue weighted by molar-refractivity contribution is -0.659. The molecule has 6 aromatic rings. The number of furan rings is 1. The maximum Gasteiger partial charge on any atom is 0.294 e. The van der Waals surface area contributed by atoms with E-state index in [1.54, 1.807) is 0 Å². The number of hydrogen-bond donors (Lipinski definition) is 0. The molecule has 32 heavy (non-hydrogen) atoms. The van der Waals surface area contributed by atoms with Crippen molar-refractivity contribution < 1.29 is 8.98 Å². The van der Waals surface area contributed by atoms with E-state index in [-0.39, 0.29) is 0 Å². The van der Waals surface area contributed by atoms with Gasteiger partial charge < -0.3 is 4.42 Å². The Labute approximate surface area is 187 Å². The Morgan fingerprint density at radius 1 is 0.781 bits per heavy atom. The van der Waals surface area contributed by atoms with Gasteiger partial charge >= 0.3 is 0 Å². The van der Waals surface area contributed by atoms with Gasteiger partial charge in [-0.1, -0.05) is 42.5 Å². The zero-order chi connectivity index (χ0) is 22.0. The molecule has 3 heteroatoms. The largest absolute Gasteiger partial charge is 0.456 e. The van der Waals surface area contributed by atoms with Crippen LogP contribution in [-0.4, -0.2) is 4.57 Å². The van der Waals surface area contributed by atoms with Crippen LogP contribution < -0.4 is 4.57 Å². The molecule has 2 heterocycles. The molecule has 156 valence electrons. The van der Waals surface area contributed by atoms with Crippen LogP contribution in [0.3, 0.4) is 0 Å². The molecular weight excluding hydrogens is 392 g/mol. The Bertz CT molecular complexity index is 1650. The van der Waals surface area contributed by atoms with Crippen molar-refractivity contribution in [2.75, 3.05) is 0 Å². The van der Waals surface area contributed by atoms with Gasteiger partial charge in [0.05, 0.1) is 12.6 Å². The van der Waals surface area contributed by atoms with E-state index in [9.17, 15) is 0 Å². The van der Waals surface area contributed by atoms with Crippen molar-refractivity contribution in [3.8, 4) is 17.1 Å². The summed E-state index contributed by atoms with van der Waals surface area (Å²) in [5.74, 6) is 1.15. The van der Waals surface area contributed by atoms with E-state index in [4.69, 9.17) is 4.42 Å². The van der Waals surface area contributed by atoms with Crippen LogP contribution >= 0.6 is 0 Å². The van der Waals surface area contributed by atoms with Crippen molar-refractivity contribution in [2.45, 2.75) is 20.8 Å². The first kappa shape index (κ1) is 18.9. The van der Waals surface area contributed by atoms with E-state index in [1.807, 2.05) is 0 Å². The maximum atomic E-state index is 6.44. The van der Waals surface area contributed by atoms with Crippen LogP contribution in [0.15, 0.2) is 83.5 Å². The number of rotatable bonds is 2. The quantitative estimate of drug-likeness (QED) is 0.280. The molecular formula is C29H25N2O+. The monoisotopic (exact) mass is 417 g/mol. The highest BCUT2D eigenvalue weighted by molar-refractivity contribution is 6.11. The first-order chi connectivity index (χ1) is 15.5. The Kier molecular flexibility index (Phi) is 4.03. The second-order valence-electron chi connectivity index (χ2n) is 8.76. The zero-order valence-electron chi connectivity index (χ0n) is 18.8. The van der Waals surface area contributed by atoms with Gasteiger partial charge in [0.25, 0.3) is 5.82 Å². The summed E-state index contributed by atoms with van der Waals surface area (Å²) >= 11 is 0. The highest BCUT2D eigenvalue weighted by Gasteiger charge is 2.25. The molecule has 0 saturated carbocycles. The molecule has 0 saturated heterocycles. The molecule has 0 amide bonds. The smallest absolute Gasteiger partial charge is 0.294 e. The SMILES string of the molecule is Cc1cccc(C)c1-n1cc[n+](C)c1-c1ccc2c(oc3cc4ccccc4cc32)c1C. The zero-order valence-corrected chi connectivity index (χ0v) is 18.8. The number of nitrogens with zero attached hydrogens (tertiary/aromatic N) is 2. The van der Waals surface area contributed by atoms with Crippen LogP contribution in [0.4, 0.5) is 0 Å². The Morgan fingerprint density at radius 2 is 1.50 bits per heavy atom. The minimum Gasteiger partial charge on any atom is -0.456 e. The van der Waals surface area contributed by atoms with Gasteiger partial charge in [-0.25, -0.2) is 4.57 Å². The number of hydrogen-bond acceptors (Lipinski definition) is 1. The molecule has 0 bridgehead atoms. The lowest BCUT2D eigenvalue weighted by atomic mass is 10.0. The summed E-state index contributed by atoms with van der Waals surface area (Å²) in [7, 11) is 2.11. The molecule has 0 radical (unpaired) electrons. The summed E-state index contributed by atoms with van der Waals surface area (Å²) in [5.41, 5.74) is 7.99. The van der Waals surface area contributed by atoms with Crippen molar-refractivity contribution >= 4 is 32.7 Å². The Morgan fingerprint density at radius 3 is 2.25 bits per heavy atom. The summed E-state index contributed by atoms with van der Waals surface area (Å²) < 4.78 is 10.9. The molecule has 0 spiro atoms. The topological polar surface area (TPSA) is 21.9 Å². The minimum atomic E-state index is 0.938. The van der Waals surface area contributed by atoms with E-state index in [0.29, 0.717) is 0 Å². The van der Waals surface area contributed by atoms with Gasteiger partial charge in [-0.15, -0.1) is 0 Å². The lowest BCUT2D eigenvalue weighted by Gasteiger charge is -2.10. The molecule has 0 aliphatic carbocycles. The van der Waals surface area contributed by atoms with Crippen LogP contribution in [0.5, 0.6) is 0 Å². The second kappa shape index (κ2) is 6.83. The standard InChI is InChI=1S/C29H25N2O/c1-18-8-7-9-19(2)27(18)31-15-14-30(4)29(31)23-12-13-24-25-16-21-10-5-6-11-22(21)17-26(25)32-28(24)20(23)3/h5-17H,1-4H3/q+1. The van der Waals surface area contributed by atoms with Gasteiger partial charge in [0.1, 0.15) is 29.2 Å². The van der Waals surface area contributed by atoms with E-state index >= 15 is 0 Å². The van der Waals surface area contributed by atoms with E-state index in [0.717, 1.165) is 22.6 Å². The highest BCUT2D eigenvalue weighted by Crippen LogP contribution is 2.37. The number of imidazole rings is 1. The van der Waals surface area contributed by atoms with E-state index in [1.165, 1.54) is 43.9 Å². The fourth-order valence-electron chi connectivity index (χ4n) is 5.07. The van der Waals surface area contributed by atoms with Crippen LogP contribution in [0.2, 0.25) is 0 Å². The van der Waals surface area contributed by atoms with Gasteiger partial charge in [-0.3, -0.25) is 0 Å². The third-order valence-corrected chi connectivity index (χ3v) is 6.68. The van der Waals surface area contributed by atoms with Crippen molar-refractivity contribution in [3.05, 3.63) is 95.8 Å². The molecule has 0 aliphatic heterocycles. The first-order valence-corrected chi connectivity index (χ1v) is 11.0. The lowest BCUT2D eigenvalue weighted by Crippen LogP contribution is -2.29. The number of aryl methyl sites for hydroxylation is 4. The predicted octanol–water partition coefficient (Wildman–Crippen LogP) is 6.95. The normalized spacial score (nSPS) is 11.8. The van der Waals surface area contributed by atoms with Gasteiger partial charge in [-0.2, -0.15) is 4.57 Å². The molecule has 3 nitrogen and oxygen atoms in total. The molecule has 4 aromatic carbocycles. The van der Waals surface area contributed by atoms with Gasteiger partial charge in [0, 0.05) is 16.3 Å². The van der Waals surface area contributed by atoms with Crippen LogP contribution in [0.25, 0.3) is 49.8 Å². The third kappa shape index (κ3) is 2.64. The van der Waals surface area contributed by atoms with Crippen molar-refractivity contribution in [2.24, 2.45) is 7.05 Å². The summed E-state index contributed by atoms with van der Waals surface area (Å²) in [6.07, 6.45) is 4.27. The van der Waals surface area contributed by atoms with Gasteiger partial charge in [-0.05, 0) is 66.9 Å². The fourth-order valence-corrected chi connectivity index (χ4v) is 5.07. The summed E-state index contributed by atoms with van der Waals surface area (Å²) in [6.45, 7) is 6.51. The minimum absolute atomic E-state index is 0.938. The summed E-state index contributed by atoms with van der Waals surface area (Å²) in [4.78, 5) is 0. The third-order valence-electron chi connectivity index (χ3n) is 6.68. The van der Waals surface area contributed by atoms with Crippen molar-refractivity contribution in [3.63, 3.8) is 0 Å². The molecule has 6 rings (SSSR count). The number of benzene rings is 4. The molecule has 0 aliphatic rings. The van der Waals surface area contributed by atoms with Crippen molar-refractivity contribution in [1.29, 1.82) is 0 Å². The number of aromatic nitrogens is 2. The van der Waals surface area contributed by atoms with E-state index in [2.05, 4.69) is 116 Å². The Balaban J connectivity index is 1.63. The second-order valence-corrected chi connectivity index (χ2v) is 8.76. The van der Waals surface area contributed by atoms with Crippen LogP contribution in [0, 0.1) is 20.8 Å². The van der Waals surface area contributed by atoms with E-state index < -0.39 is 0 Å². The Hall–Kier alpha value is -3.85. The number of fused-ring (bicyclic) bond motifs is 4. The van der Waals surface area contributed by atoms with Crippen LogP contribution in [-0.2, 0) is 7.05 Å². The average molecular weight is 418 g/mol. The predicted molar refractivity (Wildman–Crippen MR) is 131 cm³/mol. The summed E-state index contributed by atoms with van der Waals surface area (Å²) in [5, 5.41) is 4.77. The molecule has 0 N–H and O–H groups in total. The average Bonchev–Trinajstić information content (AvgIpc) is 3.33. The molecule has 0 atom stereocenters. The summed E-state index contributed by atoms with van der Waals surface area (Å²) in [6, 6.07) is 23.8. The number of para-hydroxylation sites is 1.